The Labute approximate surface area is 176 Å². The van der Waals surface area contributed by atoms with E-state index in [0.29, 0.717) is 0 Å². The number of benzene rings is 1. The summed E-state index contributed by atoms with van der Waals surface area (Å²) in [4.78, 5) is 11.8. The Morgan fingerprint density at radius 3 is 2.61 bits per heavy atom. The molecule has 0 amide bonds. The molecule has 2 saturated heterocycles. The molecule has 1 N–H and O–H groups in total. The third-order valence-electron chi connectivity index (χ3n) is 5.58. The molecule has 11 heteroatoms. The number of carbonyl (C=O) groups is 1. The molecule has 1 aromatic heterocycles. The number of nitrogens with zero attached hydrogens (tertiary/aromatic N) is 3. The zero-order chi connectivity index (χ0) is 22.5. The van der Waals surface area contributed by atoms with E-state index in [1.165, 1.54) is 37.0 Å². The molecule has 0 aliphatic carbocycles. The quantitative estimate of drug-likeness (QED) is 0.772. The number of methoxy groups -OCH3 is 1. The van der Waals surface area contributed by atoms with Crippen molar-refractivity contribution in [3.05, 3.63) is 35.5 Å². The van der Waals surface area contributed by atoms with Gasteiger partial charge in [-0.15, -0.1) is 5.10 Å². The van der Waals surface area contributed by atoms with E-state index in [2.05, 4.69) is 10.3 Å². The minimum absolute atomic E-state index is 0.0926. The van der Waals surface area contributed by atoms with Gasteiger partial charge in [0.1, 0.15) is 41.7 Å². The monoisotopic (exact) mass is 439 g/mol. The number of fused-ring (bicyclic) bond motifs is 1. The maximum absolute atomic E-state index is 14.0. The fourth-order valence-electron chi connectivity index (χ4n) is 3.96. The smallest absolute Gasteiger partial charge is 0.335 e. The van der Waals surface area contributed by atoms with Crippen molar-refractivity contribution in [2.45, 2.75) is 57.0 Å². The maximum Gasteiger partial charge on any atom is 0.335 e. The SMILES string of the molecule is CO[C@@H]1[C@@H](n2cc(-c3cc(F)c(C)c(F)c3)nn2)[C@H]2OC(C)(C)OC[C@H]2O[C@H]1C(=O)O. The van der Waals surface area contributed by atoms with E-state index >= 15 is 0 Å². The summed E-state index contributed by atoms with van der Waals surface area (Å²) in [6.07, 6.45) is -2.13. The second-order valence-corrected chi connectivity index (χ2v) is 8.07. The Morgan fingerprint density at radius 1 is 1.32 bits per heavy atom. The van der Waals surface area contributed by atoms with E-state index in [-0.39, 0.29) is 23.4 Å². The molecule has 2 aliphatic heterocycles. The minimum Gasteiger partial charge on any atom is -0.479 e. The van der Waals surface area contributed by atoms with Crippen LogP contribution in [0.15, 0.2) is 18.3 Å². The maximum atomic E-state index is 14.0. The van der Waals surface area contributed by atoms with Crippen LogP contribution in [0.25, 0.3) is 11.3 Å². The van der Waals surface area contributed by atoms with Crippen LogP contribution in [0.5, 0.6) is 0 Å². The summed E-state index contributed by atoms with van der Waals surface area (Å²) in [5.41, 5.74) is 0.325. The van der Waals surface area contributed by atoms with Crippen LogP contribution >= 0.6 is 0 Å². The van der Waals surface area contributed by atoms with E-state index in [0.717, 1.165) is 0 Å². The third-order valence-corrected chi connectivity index (χ3v) is 5.58. The van der Waals surface area contributed by atoms with Gasteiger partial charge in [0.2, 0.25) is 0 Å². The minimum atomic E-state index is -1.30. The highest BCUT2D eigenvalue weighted by atomic mass is 19.1. The number of ether oxygens (including phenoxy) is 4. The van der Waals surface area contributed by atoms with Crippen molar-refractivity contribution >= 4 is 5.97 Å². The molecule has 0 saturated carbocycles. The molecule has 168 valence electrons. The van der Waals surface area contributed by atoms with E-state index in [9.17, 15) is 18.7 Å². The molecule has 3 heterocycles. The molecule has 4 rings (SSSR count). The van der Waals surface area contributed by atoms with Crippen molar-refractivity contribution in [3.8, 4) is 11.3 Å². The molecule has 0 spiro atoms. The largest absolute Gasteiger partial charge is 0.479 e. The van der Waals surface area contributed by atoms with E-state index < -0.39 is 53.8 Å². The average Bonchev–Trinajstić information content (AvgIpc) is 3.19. The van der Waals surface area contributed by atoms with Gasteiger partial charge < -0.3 is 24.1 Å². The summed E-state index contributed by atoms with van der Waals surface area (Å²) in [5, 5.41) is 17.8. The van der Waals surface area contributed by atoms with Gasteiger partial charge in [0.25, 0.3) is 0 Å². The van der Waals surface area contributed by atoms with Crippen LogP contribution in [-0.4, -0.2) is 70.0 Å². The Hall–Kier alpha value is -2.47. The van der Waals surface area contributed by atoms with Crippen molar-refractivity contribution in [1.29, 1.82) is 0 Å². The topological polar surface area (TPSA) is 105 Å². The summed E-state index contributed by atoms with van der Waals surface area (Å²) in [5.74, 6) is -3.55. The Balaban J connectivity index is 1.75. The highest BCUT2D eigenvalue weighted by Gasteiger charge is 2.54. The Bertz CT molecular complexity index is 974. The van der Waals surface area contributed by atoms with Crippen molar-refractivity contribution in [2.75, 3.05) is 13.7 Å². The van der Waals surface area contributed by atoms with Crippen LogP contribution in [-0.2, 0) is 23.7 Å². The number of halogens is 2. The zero-order valence-corrected chi connectivity index (χ0v) is 17.4. The van der Waals surface area contributed by atoms with Gasteiger partial charge >= 0.3 is 5.97 Å². The number of carboxylic acid groups (broad SMARTS) is 1. The van der Waals surface area contributed by atoms with Gasteiger partial charge in [-0.2, -0.15) is 0 Å². The molecule has 9 nitrogen and oxygen atoms in total. The lowest BCUT2D eigenvalue weighted by atomic mass is 9.91. The normalized spacial score (nSPS) is 30.1. The van der Waals surface area contributed by atoms with Crippen LogP contribution in [0.3, 0.4) is 0 Å². The molecule has 0 radical (unpaired) electrons. The highest BCUT2D eigenvalue weighted by Crippen LogP contribution is 2.39. The second-order valence-electron chi connectivity index (χ2n) is 8.07. The van der Waals surface area contributed by atoms with Gasteiger partial charge in [-0.25, -0.2) is 18.3 Å². The summed E-state index contributed by atoms with van der Waals surface area (Å²) in [7, 11) is 1.37. The molecule has 0 unspecified atom stereocenters. The van der Waals surface area contributed by atoms with E-state index in [1.54, 1.807) is 13.8 Å². The zero-order valence-electron chi connectivity index (χ0n) is 17.4. The van der Waals surface area contributed by atoms with Crippen LogP contribution in [0.2, 0.25) is 0 Å². The molecule has 2 aliphatic rings. The predicted octanol–water partition coefficient (Wildman–Crippen LogP) is 2.09. The first-order valence-corrected chi connectivity index (χ1v) is 9.72. The van der Waals surface area contributed by atoms with Gasteiger partial charge in [0, 0.05) is 18.2 Å². The first-order valence-electron chi connectivity index (χ1n) is 9.72. The molecule has 31 heavy (non-hydrogen) atoms. The molecular weight excluding hydrogens is 416 g/mol. The van der Waals surface area contributed by atoms with Crippen molar-refractivity contribution in [1.82, 2.24) is 15.0 Å². The van der Waals surface area contributed by atoms with Crippen molar-refractivity contribution in [3.63, 3.8) is 0 Å². The number of hydrogen-bond donors (Lipinski definition) is 1. The number of rotatable bonds is 4. The van der Waals surface area contributed by atoms with E-state index in [1.807, 2.05) is 0 Å². The summed E-state index contributed by atoms with van der Waals surface area (Å²) in [6.45, 7) is 4.92. The van der Waals surface area contributed by atoms with Crippen LogP contribution in [0, 0.1) is 18.6 Å². The predicted molar refractivity (Wildman–Crippen MR) is 101 cm³/mol. The van der Waals surface area contributed by atoms with Crippen LogP contribution in [0.1, 0.15) is 25.5 Å². The third kappa shape index (κ3) is 3.93. The molecule has 2 fully saturated rings. The molecule has 5 atom stereocenters. The first kappa shape index (κ1) is 21.8. The lowest BCUT2D eigenvalue weighted by molar-refractivity contribution is -0.347. The summed E-state index contributed by atoms with van der Waals surface area (Å²) >= 11 is 0. The standard InChI is InChI=1S/C20H23F2N3O6/c1-9-11(21)5-10(6-12(9)22)13-7-25(24-23-13)15-16-14(8-29-20(2,3)31-16)30-18(19(26)27)17(15)28-4/h5-7,14-18H,8H2,1-4H3,(H,26,27)/t14-,15+,16+,17-,18-/m1/s1. The number of hydrogen-bond acceptors (Lipinski definition) is 7. The number of carboxylic acids is 1. The molecule has 2 aromatic rings. The van der Waals surface area contributed by atoms with Gasteiger partial charge in [-0.1, -0.05) is 5.21 Å². The fourth-order valence-corrected chi connectivity index (χ4v) is 3.96. The van der Waals surface area contributed by atoms with Crippen molar-refractivity contribution < 1.29 is 37.6 Å². The number of aliphatic carboxylic acids is 1. The van der Waals surface area contributed by atoms with Gasteiger partial charge in [-0.05, 0) is 32.9 Å². The Kier molecular flexibility index (Phi) is 5.54. The fraction of sp³-hybridized carbons (Fsp3) is 0.550. The van der Waals surface area contributed by atoms with Gasteiger partial charge in [0.05, 0.1) is 12.8 Å². The molecule has 0 bridgehead atoms. The van der Waals surface area contributed by atoms with Crippen LogP contribution < -0.4 is 0 Å². The summed E-state index contributed by atoms with van der Waals surface area (Å²) in [6, 6.07) is 1.59. The van der Waals surface area contributed by atoms with Gasteiger partial charge in [-0.3, -0.25) is 0 Å². The van der Waals surface area contributed by atoms with E-state index in [4.69, 9.17) is 18.9 Å². The summed E-state index contributed by atoms with van der Waals surface area (Å²) < 4.78 is 52.3. The number of aromatic nitrogens is 3. The Morgan fingerprint density at radius 2 is 2.00 bits per heavy atom. The lowest BCUT2D eigenvalue weighted by Gasteiger charge is -2.50. The highest BCUT2D eigenvalue weighted by molar-refractivity contribution is 5.73. The van der Waals surface area contributed by atoms with Gasteiger partial charge in [0.15, 0.2) is 11.9 Å². The lowest BCUT2D eigenvalue weighted by Crippen LogP contribution is -2.64. The molecular formula is C20H23F2N3O6. The first-order chi connectivity index (χ1) is 14.6. The van der Waals surface area contributed by atoms with Crippen LogP contribution in [0.4, 0.5) is 8.78 Å². The molecule has 1 aromatic carbocycles. The van der Waals surface area contributed by atoms with Crippen molar-refractivity contribution in [2.24, 2.45) is 0 Å². The average molecular weight is 439 g/mol. The second kappa shape index (κ2) is 7.90.